The normalized spacial score (nSPS) is 29.2. The maximum atomic E-state index is 10.3. The van der Waals surface area contributed by atoms with Gasteiger partial charge in [-0.25, -0.2) is 0 Å². The van der Waals surface area contributed by atoms with E-state index in [9.17, 15) is 5.11 Å². The molecule has 2 aliphatic rings. The minimum absolute atomic E-state index is 0.218. The van der Waals surface area contributed by atoms with Crippen LogP contribution in [0.15, 0.2) is 18.3 Å². The molecule has 1 aliphatic carbocycles. The zero-order chi connectivity index (χ0) is 11.7. The van der Waals surface area contributed by atoms with Gasteiger partial charge in [0, 0.05) is 30.8 Å². The van der Waals surface area contributed by atoms with E-state index in [2.05, 4.69) is 11.1 Å². The molecule has 3 nitrogen and oxygen atoms in total. The van der Waals surface area contributed by atoms with Crippen LogP contribution in [-0.4, -0.2) is 28.9 Å². The minimum Gasteiger partial charge on any atom is -0.392 e. The first-order chi connectivity index (χ1) is 8.34. The number of aromatic nitrogens is 1. The highest BCUT2D eigenvalue weighted by Crippen LogP contribution is 2.36. The molecule has 3 rings (SSSR count). The summed E-state index contributed by atoms with van der Waals surface area (Å²) in [7, 11) is 0. The molecular formula is C14H19NO2. The number of hydrogen-bond donors (Lipinski definition) is 1. The number of pyridine rings is 1. The van der Waals surface area contributed by atoms with Crippen LogP contribution in [0.25, 0.3) is 0 Å². The summed E-state index contributed by atoms with van der Waals surface area (Å²) in [5.74, 6) is 0.218. The molecule has 0 spiro atoms. The van der Waals surface area contributed by atoms with Crippen molar-refractivity contribution < 1.29 is 9.84 Å². The number of hydrogen-bond acceptors (Lipinski definition) is 3. The fraction of sp³-hybridized carbons (Fsp3) is 0.643. The van der Waals surface area contributed by atoms with Crippen molar-refractivity contribution >= 4 is 0 Å². The van der Waals surface area contributed by atoms with Crippen LogP contribution in [0.2, 0.25) is 0 Å². The summed E-state index contributed by atoms with van der Waals surface area (Å²) in [5, 5.41) is 10.3. The molecule has 0 saturated carbocycles. The smallest absolute Gasteiger partial charge is 0.0648 e. The van der Waals surface area contributed by atoms with Gasteiger partial charge >= 0.3 is 0 Å². The number of aliphatic hydroxyl groups excluding tert-OH is 1. The van der Waals surface area contributed by atoms with Crippen LogP contribution in [0.4, 0.5) is 0 Å². The lowest BCUT2D eigenvalue weighted by molar-refractivity contribution is 0.0420. The van der Waals surface area contributed by atoms with E-state index in [0.29, 0.717) is 0 Å². The Morgan fingerprint density at radius 3 is 3.24 bits per heavy atom. The summed E-state index contributed by atoms with van der Waals surface area (Å²) >= 11 is 0. The molecule has 17 heavy (non-hydrogen) atoms. The number of rotatable bonds is 3. The number of aryl methyl sites for hydroxylation is 1. The molecule has 1 aromatic rings. The maximum Gasteiger partial charge on any atom is 0.0648 e. The highest BCUT2D eigenvalue weighted by atomic mass is 16.5. The van der Waals surface area contributed by atoms with Gasteiger partial charge in [0.05, 0.1) is 12.2 Å². The topological polar surface area (TPSA) is 42.4 Å². The quantitative estimate of drug-likeness (QED) is 0.868. The Morgan fingerprint density at radius 1 is 1.47 bits per heavy atom. The number of ether oxygens (including phenoxy) is 1. The van der Waals surface area contributed by atoms with Crippen LogP contribution >= 0.6 is 0 Å². The van der Waals surface area contributed by atoms with Gasteiger partial charge in [0.15, 0.2) is 0 Å². The summed E-state index contributed by atoms with van der Waals surface area (Å²) in [5.41, 5.74) is 2.42. The largest absolute Gasteiger partial charge is 0.392 e. The van der Waals surface area contributed by atoms with Gasteiger partial charge in [0.2, 0.25) is 0 Å². The highest BCUT2D eigenvalue weighted by Gasteiger charge is 2.32. The first-order valence-electron chi connectivity index (χ1n) is 6.58. The molecule has 1 N–H and O–H groups in total. The molecule has 1 saturated heterocycles. The first-order valence-corrected chi connectivity index (χ1v) is 6.58. The van der Waals surface area contributed by atoms with Crippen molar-refractivity contribution in [2.45, 2.75) is 50.2 Å². The maximum absolute atomic E-state index is 10.3. The molecule has 0 bridgehead atoms. The molecule has 92 valence electrons. The average Bonchev–Trinajstić information content (AvgIpc) is 2.96. The Morgan fingerprint density at radius 2 is 2.41 bits per heavy atom. The molecule has 1 aromatic heterocycles. The first kappa shape index (κ1) is 11.2. The van der Waals surface area contributed by atoms with E-state index in [1.165, 1.54) is 5.56 Å². The van der Waals surface area contributed by atoms with Crippen molar-refractivity contribution in [1.29, 1.82) is 0 Å². The molecule has 3 unspecified atom stereocenters. The molecule has 1 fully saturated rings. The summed E-state index contributed by atoms with van der Waals surface area (Å²) in [6, 6.07) is 4.11. The third kappa shape index (κ3) is 2.22. The predicted octanol–water partition coefficient (Wildman–Crippen LogP) is 2.04. The van der Waals surface area contributed by atoms with E-state index in [4.69, 9.17) is 4.74 Å². The lowest BCUT2D eigenvalue weighted by atomic mass is 9.94. The summed E-state index contributed by atoms with van der Waals surface area (Å²) < 4.78 is 5.59. The lowest BCUT2D eigenvalue weighted by Gasteiger charge is -2.21. The zero-order valence-corrected chi connectivity index (χ0v) is 10.0. The van der Waals surface area contributed by atoms with E-state index >= 15 is 0 Å². The SMILES string of the molecule is OC(CC1CCCO1)C1CCc2cccnc21. The molecular weight excluding hydrogens is 214 g/mol. The van der Waals surface area contributed by atoms with Crippen LogP contribution in [0, 0.1) is 0 Å². The highest BCUT2D eigenvalue weighted by molar-refractivity contribution is 5.29. The van der Waals surface area contributed by atoms with Crippen LogP contribution < -0.4 is 0 Å². The van der Waals surface area contributed by atoms with Crippen LogP contribution in [0.1, 0.15) is 42.9 Å². The monoisotopic (exact) mass is 233 g/mol. The van der Waals surface area contributed by atoms with Crippen molar-refractivity contribution in [1.82, 2.24) is 4.98 Å². The van der Waals surface area contributed by atoms with Gasteiger partial charge in [-0.1, -0.05) is 6.07 Å². The van der Waals surface area contributed by atoms with Gasteiger partial charge in [0.1, 0.15) is 0 Å². The van der Waals surface area contributed by atoms with Crippen molar-refractivity contribution in [3.05, 3.63) is 29.6 Å². The molecule has 0 radical (unpaired) electrons. The molecule has 0 aromatic carbocycles. The van der Waals surface area contributed by atoms with E-state index in [0.717, 1.165) is 44.4 Å². The van der Waals surface area contributed by atoms with E-state index in [1.54, 1.807) is 0 Å². The number of fused-ring (bicyclic) bond motifs is 1. The van der Waals surface area contributed by atoms with Crippen LogP contribution in [0.3, 0.4) is 0 Å². The molecule has 1 aliphatic heterocycles. The van der Waals surface area contributed by atoms with Crippen LogP contribution in [-0.2, 0) is 11.2 Å². The molecule has 3 heteroatoms. The third-order valence-corrected chi connectivity index (χ3v) is 3.99. The summed E-state index contributed by atoms with van der Waals surface area (Å²) in [6.45, 7) is 0.858. The van der Waals surface area contributed by atoms with Crippen molar-refractivity contribution in [2.75, 3.05) is 6.61 Å². The summed E-state index contributed by atoms with van der Waals surface area (Å²) in [4.78, 5) is 4.44. The van der Waals surface area contributed by atoms with Gasteiger partial charge in [0.25, 0.3) is 0 Å². The number of nitrogens with zero attached hydrogens (tertiary/aromatic N) is 1. The zero-order valence-electron chi connectivity index (χ0n) is 10.0. The Kier molecular flexibility index (Phi) is 3.12. The lowest BCUT2D eigenvalue weighted by Crippen LogP contribution is -2.23. The van der Waals surface area contributed by atoms with E-state index < -0.39 is 0 Å². The van der Waals surface area contributed by atoms with Crippen LogP contribution in [0.5, 0.6) is 0 Å². The Labute approximate surface area is 102 Å². The van der Waals surface area contributed by atoms with E-state index in [1.807, 2.05) is 12.3 Å². The van der Waals surface area contributed by atoms with Gasteiger partial charge in [-0.05, 0) is 37.3 Å². The fourth-order valence-electron chi connectivity index (χ4n) is 3.08. The average molecular weight is 233 g/mol. The third-order valence-electron chi connectivity index (χ3n) is 3.99. The Bertz CT molecular complexity index is 388. The Balaban J connectivity index is 1.68. The van der Waals surface area contributed by atoms with E-state index in [-0.39, 0.29) is 18.1 Å². The second-order valence-electron chi connectivity index (χ2n) is 5.13. The fourth-order valence-corrected chi connectivity index (χ4v) is 3.08. The van der Waals surface area contributed by atoms with Gasteiger partial charge in [-0.15, -0.1) is 0 Å². The van der Waals surface area contributed by atoms with Gasteiger partial charge < -0.3 is 9.84 Å². The Hall–Kier alpha value is -0.930. The van der Waals surface area contributed by atoms with Gasteiger partial charge in [-0.3, -0.25) is 4.98 Å². The predicted molar refractivity (Wildman–Crippen MR) is 64.9 cm³/mol. The van der Waals surface area contributed by atoms with Crippen molar-refractivity contribution in [3.63, 3.8) is 0 Å². The molecule has 3 atom stereocenters. The van der Waals surface area contributed by atoms with Crippen molar-refractivity contribution in [3.8, 4) is 0 Å². The second kappa shape index (κ2) is 4.75. The standard InChI is InChI=1S/C14H19NO2/c16-13(9-11-4-2-8-17-11)12-6-5-10-3-1-7-15-14(10)12/h1,3,7,11-13,16H,2,4-6,8-9H2. The minimum atomic E-state index is -0.297. The second-order valence-corrected chi connectivity index (χ2v) is 5.13. The molecule has 0 amide bonds. The van der Waals surface area contributed by atoms with Gasteiger partial charge in [-0.2, -0.15) is 0 Å². The summed E-state index contributed by atoms with van der Waals surface area (Å²) in [6.07, 6.45) is 6.87. The van der Waals surface area contributed by atoms with Crippen molar-refractivity contribution in [2.24, 2.45) is 0 Å². The molecule has 2 heterocycles. The number of aliphatic hydroxyl groups is 1.